The summed E-state index contributed by atoms with van der Waals surface area (Å²) in [6.07, 6.45) is 3.21. The molecule has 1 aromatic heterocycles. The summed E-state index contributed by atoms with van der Waals surface area (Å²) in [5, 5.41) is 19.1. The van der Waals surface area contributed by atoms with Crippen LogP contribution in [0.4, 0.5) is 0 Å². The molecule has 8 heteroatoms. The van der Waals surface area contributed by atoms with Gasteiger partial charge in [-0.15, -0.1) is 5.10 Å². The molecule has 0 aliphatic heterocycles. The fourth-order valence-electron chi connectivity index (χ4n) is 2.62. The van der Waals surface area contributed by atoms with Gasteiger partial charge < -0.3 is 16.3 Å². The summed E-state index contributed by atoms with van der Waals surface area (Å²) in [6.45, 7) is 5.94. The summed E-state index contributed by atoms with van der Waals surface area (Å²) >= 11 is 1.07. The van der Waals surface area contributed by atoms with Crippen LogP contribution in [0, 0.1) is 0 Å². The predicted octanol–water partition coefficient (Wildman–Crippen LogP) is 1.62. The zero-order valence-corrected chi connectivity index (χ0v) is 13.3. The van der Waals surface area contributed by atoms with Gasteiger partial charge >= 0.3 is 0 Å². The van der Waals surface area contributed by atoms with Crippen LogP contribution >= 0.6 is 11.5 Å². The molecule has 0 bridgehead atoms. The zero-order valence-electron chi connectivity index (χ0n) is 12.5. The molecule has 0 unspecified atom stereocenters. The molecule has 0 saturated heterocycles. The molecule has 1 heterocycles. The van der Waals surface area contributed by atoms with Crippen molar-refractivity contribution in [3.8, 4) is 0 Å². The Bertz CT molecular complexity index is 555. The van der Waals surface area contributed by atoms with E-state index < -0.39 is 5.54 Å². The lowest BCUT2D eigenvalue weighted by molar-refractivity contribution is 0.0924. The predicted molar refractivity (Wildman–Crippen MR) is 80.7 cm³/mol. The van der Waals surface area contributed by atoms with Crippen LogP contribution in [0.25, 0.3) is 0 Å². The van der Waals surface area contributed by atoms with Crippen molar-refractivity contribution < 1.29 is 10.0 Å². The summed E-state index contributed by atoms with van der Waals surface area (Å²) in [7, 11) is 0. The van der Waals surface area contributed by atoms with Gasteiger partial charge in [0.05, 0.1) is 5.69 Å². The summed E-state index contributed by atoms with van der Waals surface area (Å²) in [5.74, 6) is -0.202. The Labute approximate surface area is 127 Å². The summed E-state index contributed by atoms with van der Waals surface area (Å²) in [6, 6.07) is 0. The molecule has 1 saturated carbocycles. The number of amidine groups is 1. The van der Waals surface area contributed by atoms with Crippen molar-refractivity contribution in [2.75, 3.05) is 0 Å². The van der Waals surface area contributed by atoms with Gasteiger partial charge in [0.1, 0.15) is 10.4 Å². The van der Waals surface area contributed by atoms with E-state index in [4.69, 9.17) is 10.9 Å². The first-order valence-electron chi connectivity index (χ1n) is 6.93. The normalized spacial score (nSPS) is 18.7. The van der Waals surface area contributed by atoms with Crippen LogP contribution in [0.1, 0.15) is 61.8 Å². The van der Waals surface area contributed by atoms with Crippen molar-refractivity contribution in [2.24, 2.45) is 10.9 Å². The lowest BCUT2D eigenvalue weighted by atomic mass is 9.90. The summed E-state index contributed by atoms with van der Waals surface area (Å²) in [5.41, 5.74) is 5.44. The molecule has 1 fully saturated rings. The molecule has 7 nitrogen and oxygen atoms in total. The highest BCUT2D eigenvalue weighted by molar-refractivity contribution is 7.08. The Kier molecular flexibility index (Phi) is 4.18. The maximum absolute atomic E-state index is 12.6. The molecule has 0 radical (unpaired) electrons. The van der Waals surface area contributed by atoms with Crippen LogP contribution in [0.15, 0.2) is 5.16 Å². The molecule has 4 N–H and O–H groups in total. The van der Waals surface area contributed by atoms with Gasteiger partial charge in [-0.05, 0) is 24.4 Å². The average molecular weight is 311 g/mol. The van der Waals surface area contributed by atoms with Crippen molar-refractivity contribution >= 4 is 23.3 Å². The first kappa shape index (κ1) is 15.7. The van der Waals surface area contributed by atoms with Gasteiger partial charge in [0.25, 0.3) is 5.91 Å². The van der Waals surface area contributed by atoms with Gasteiger partial charge in [-0.3, -0.25) is 4.79 Å². The SMILES string of the molecule is CC(C)(C)c1nnsc1C(=O)NC1(C(N)=NO)CCCC1. The van der Waals surface area contributed by atoms with Crippen LogP contribution in [0.5, 0.6) is 0 Å². The van der Waals surface area contributed by atoms with E-state index >= 15 is 0 Å². The molecule has 0 spiro atoms. The van der Waals surface area contributed by atoms with Crippen LogP contribution in [0.3, 0.4) is 0 Å². The summed E-state index contributed by atoms with van der Waals surface area (Å²) < 4.78 is 3.89. The van der Waals surface area contributed by atoms with Gasteiger partial charge in [0.15, 0.2) is 5.84 Å². The first-order valence-corrected chi connectivity index (χ1v) is 7.71. The zero-order chi connectivity index (χ0) is 15.7. The van der Waals surface area contributed by atoms with E-state index in [9.17, 15) is 4.79 Å². The monoisotopic (exact) mass is 311 g/mol. The largest absolute Gasteiger partial charge is 0.409 e. The second-order valence-corrected chi connectivity index (χ2v) is 7.18. The molecule has 21 heavy (non-hydrogen) atoms. The maximum Gasteiger partial charge on any atom is 0.265 e. The Morgan fingerprint density at radius 2 is 2.05 bits per heavy atom. The number of amides is 1. The van der Waals surface area contributed by atoms with E-state index in [0.29, 0.717) is 23.4 Å². The summed E-state index contributed by atoms with van der Waals surface area (Å²) in [4.78, 5) is 13.1. The number of oxime groups is 1. The smallest absolute Gasteiger partial charge is 0.265 e. The molecule has 2 rings (SSSR count). The van der Waals surface area contributed by atoms with Crippen molar-refractivity contribution in [1.29, 1.82) is 0 Å². The molecule has 1 aliphatic rings. The molecular formula is C13H21N5O2S. The second kappa shape index (κ2) is 5.59. The van der Waals surface area contributed by atoms with E-state index in [1.165, 1.54) is 0 Å². The number of hydrogen-bond donors (Lipinski definition) is 3. The number of rotatable bonds is 3. The van der Waals surface area contributed by atoms with Gasteiger partial charge in [-0.2, -0.15) is 0 Å². The quantitative estimate of drug-likeness (QED) is 0.340. The highest BCUT2D eigenvalue weighted by Gasteiger charge is 2.41. The van der Waals surface area contributed by atoms with Crippen LogP contribution in [-0.4, -0.2) is 32.1 Å². The minimum atomic E-state index is -0.759. The Morgan fingerprint density at radius 1 is 1.43 bits per heavy atom. The van der Waals surface area contributed by atoms with Gasteiger partial charge in [0.2, 0.25) is 0 Å². The third-order valence-corrected chi connectivity index (χ3v) is 4.54. The van der Waals surface area contributed by atoms with Crippen molar-refractivity contribution in [2.45, 2.75) is 57.4 Å². The molecule has 0 atom stereocenters. The van der Waals surface area contributed by atoms with Gasteiger partial charge in [-0.25, -0.2) is 0 Å². The Morgan fingerprint density at radius 3 is 2.57 bits per heavy atom. The number of aromatic nitrogens is 2. The Balaban J connectivity index is 2.27. The molecule has 0 aromatic carbocycles. The van der Waals surface area contributed by atoms with Crippen molar-refractivity contribution in [3.63, 3.8) is 0 Å². The minimum absolute atomic E-state index is 0.0585. The lowest BCUT2D eigenvalue weighted by Crippen LogP contribution is -2.55. The first-order chi connectivity index (χ1) is 9.80. The number of nitrogens with one attached hydrogen (secondary N) is 1. The molecule has 116 valence electrons. The number of nitrogens with zero attached hydrogens (tertiary/aromatic N) is 3. The second-order valence-electron chi connectivity index (χ2n) is 6.43. The minimum Gasteiger partial charge on any atom is -0.409 e. The van der Waals surface area contributed by atoms with E-state index in [2.05, 4.69) is 20.1 Å². The van der Waals surface area contributed by atoms with Crippen molar-refractivity contribution in [1.82, 2.24) is 14.9 Å². The van der Waals surface area contributed by atoms with Gasteiger partial charge in [0, 0.05) is 5.41 Å². The fraction of sp³-hybridized carbons (Fsp3) is 0.692. The highest BCUT2D eigenvalue weighted by atomic mass is 32.1. The molecule has 1 amide bonds. The van der Waals surface area contributed by atoms with Crippen molar-refractivity contribution in [3.05, 3.63) is 10.6 Å². The molecule has 1 aliphatic carbocycles. The fourth-order valence-corrected chi connectivity index (χ4v) is 3.40. The standard InChI is InChI=1S/C13H21N5O2S/c1-12(2,3)9-8(21-18-16-9)10(19)15-13(11(14)17-20)6-4-5-7-13/h20H,4-7H2,1-3H3,(H2,14,17)(H,15,19). The molecule has 1 aromatic rings. The molecular weight excluding hydrogens is 290 g/mol. The lowest BCUT2D eigenvalue weighted by Gasteiger charge is -2.29. The van der Waals surface area contributed by atoms with Crippen LogP contribution in [0.2, 0.25) is 0 Å². The van der Waals surface area contributed by atoms with Crippen LogP contribution < -0.4 is 11.1 Å². The van der Waals surface area contributed by atoms with E-state index in [0.717, 1.165) is 24.4 Å². The van der Waals surface area contributed by atoms with Gasteiger partial charge in [-0.1, -0.05) is 43.3 Å². The van der Waals surface area contributed by atoms with E-state index in [1.807, 2.05) is 20.8 Å². The third kappa shape index (κ3) is 2.99. The van der Waals surface area contributed by atoms with Crippen LogP contribution in [-0.2, 0) is 5.41 Å². The Hall–Kier alpha value is -1.70. The number of hydrogen-bond acceptors (Lipinski definition) is 6. The number of nitrogens with two attached hydrogens (primary N) is 1. The topological polar surface area (TPSA) is 113 Å². The van der Waals surface area contributed by atoms with E-state index in [1.54, 1.807) is 0 Å². The number of carbonyl (C=O) groups excluding carboxylic acids is 1. The average Bonchev–Trinajstić information content (AvgIpc) is 3.06. The third-order valence-electron chi connectivity index (χ3n) is 3.81. The number of carbonyl (C=O) groups is 1. The van der Waals surface area contributed by atoms with E-state index in [-0.39, 0.29) is 17.2 Å². The maximum atomic E-state index is 12.6. The highest BCUT2D eigenvalue weighted by Crippen LogP contribution is 2.32.